The van der Waals surface area contributed by atoms with Crippen molar-refractivity contribution < 1.29 is 9.59 Å². The molecule has 0 saturated carbocycles. The van der Waals surface area contributed by atoms with Gasteiger partial charge in [-0.05, 0) is 63.1 Å². The highest BCUT2D eigenvalue weighted by atomic mass is 16.2. The molecule has 1 amide bonds. The number of ketones is 1. The van der Waals surface area contributed by atoms with Crippen molar-refractivity contribution in [2.75, 3.05) is 26.2 Å². The summed E-state index contributed by atoms with van der Waals surface area (Å²) in [5, 5.41) is 3.47. The van der Waals surface area contributed by atoms with Crippen LogP contribution in [-0.2, 0) is 6.42 Å². The van der Waals surface area contributed by atoms with Crippen molar-refractivity contribution in [2.45, 2.75) is 39.0 Å². The van der Waals surface area contributed by atoms with Gasteiger partial charge in [0.25, 0.3) is 5.91 Å². The fraction of sp³-hybridized carbons (Fsp3) is 0.667. The van der Waals surface area contributed by atoms with Gasteiger partial charge in [-0.3, -0.25) is 9.59 Å². The Morgan fingerprint density at radius 2 is 1.83 bits per heavy atom. The molecule has 124 valence electrons. The Morgan fingerprint density at radius 1 is 1.13 bits per heavy atom. The van der Waals surface area contributed by atoms with Gasteiger partial charge in [-0.2, -0.15) is 0 Å². The number of hydrogen-bond donors (Lipinski definition) is 2. The molecular formula is C18H25N3O2. The predicted molar refractivity (Wildman–Crippen MR) is 87.8 cm³/mol. The molecule has 1 aliphatic carbocycles. The number of amides is 1. The minimum Gasteiger partial charge on any atom is -0.354 e. The number of likely N-dealkylation sites (tertiary alicyclic amines) is 1. The average molecular weight is 315 g/mol. The predicted octanol–water partition coefficient (Wildman–Crippen LogP) is 1.91. The zero-order valence-electron chi connectivity index (χ0n) is 13.8. The van der Waals surface area contributed by atoms with E-state index in [0.717, 1.165) is 68.7 Å². The van der Waals surface area contributed by atoms with Crippen molar-refractivity contribution in [3.8, 4) is 0 Å². The summed E-state index contributed by atoms with van der Waals surface area (Å²) in [4.78, 5) is 30.4. The number of aromatic nitrogens is 1. The number of H-pyrrole nitrogens is 1. The SMILES string of the molecule is Cc1c(C(=O)N2CC[C@@H]3CNC[C@@H]3CC2)[nH]c2c1C(=O)CCC2. The van der Waals surface area contributed by atoms with E-state index < -0.39 is 0 Å². The number of nitrogens with one attached hydrogen (secondary N) is 2. The maximum Gasteiger partial charge on any atom is 0.270 e. The van der Waals surface area contributed by atoms with E-state index in [4.69, 9.17) is 0 Å². The topological polar surface area (TPSA) is 65.2 Å². The molecule has 0 aromatic carbocycles. The minimum absolute atomic E-state index is 0.0811. The first-order chi connectivity index (χ1) is 11.1. The molecule has 3 aliphatic rings. The Bertz CT molecular complexity index is 635. The fourth-order valence-electron chi connectivity index (χ4n) is 4.57. The maximum absolute atomic E-state index is 13.0. The van der Waals surface area contributed by atoms with Crippen molar-refractivity contribution in [1.82, 2.24) is 15.2 Å². The highest BCUT2D eigenvalue weighted by molar-refractivity contribution is 6.04. The lowest BCUT2D eigenvalue weighted by molar-refractivity contribution is 0.0752. The third-order valence-electron chi connectivity index (χ3n) is 5.96. The molecule has 2 saturated heterocycles. The first kappa shape index (κ1) is 14.9. The van der Waals surface area contributed by atoms with Gasteiger partial charge in [0, 0.05) is 30.8 Å². The lowest BCUT2D eigenvalue weighted by Gasteiger charge is -2.20. The van der Waals surface area contributed by atoms with E-state index in [2.05, 4.69) is 10.3 Å². The lowest BCUT2D eigenvalue weighted by Crippen LogP contribution is -2.33. The van der Waals surface area contributed by atoms with Crippen LogP contribution in [0, 0.1) is 18.8 Å². The van der Waals surface area contributed by atoms with Crippen LogP contribution in [-0.4, -0.2) is 47.8 Å². The number of aromatic amines is 1. The van der Waals surface area contributed by atoms with Gasteiger partial charge in [0.2, 0.25) is 0 Å². The van der Waals surface area contributed by atoms with E-state index in [9.17, 15) is 9.59 Å². The average Bonchev–Trinajstić information content (AvgIpc) is 3.07. The normalized spacial score (nSPS) is 27.5. The lowest BCUT2D eigenvalue weighted by atomic mass is 9.92. The van der Waals surface area contributed by atoms with E-state index in [-0.39, 0.29) is 11.7 Å². The van der Waals surface area contributed by atoms with E-state index >= 15 is 0 Å². The third-order valence-corrected chi connectivity index (χ3v) is 5.96. The smallest absolute Gasteiger partial charge is 0.270 e. The van der Waals surface area contributed by atoms with Crippen LogP contribution in [0.5, 0.6) is 0 Å². The highest BCUT2D eigenvalue weighted by Gasteiger charge is 2.33. The Morgan fingerprint density at radius 3 is 2.48 bits per heavy atom. The Hall–Kier alpha value is -1.62. The van der Waals surface area contributed by atoms with Gasteiger partial charge in [-0.1, -0.05) is 0 Å². The highest BCUT2D eigenvalue weighted by Crippen LogP contribution is 2.30. The van der Waals surface area contributed by atoms with Crippen molar-refractivity contribution >= 4 is 11.7 Å². The van der Waals surface area contributed by atoms with E-state index in [1.807, 2.05) is 11.8 Å². The molecule has 2 aliphatic heterocycles. The first-order valence-electron chi connectivity index (χ1n) is 8.89. The molecule has 1 aromatic heterocycles. The van der Waals surface area contributed by atoms with Gasteiger partial charge in [-0.15, -0.1) is 0 Å². The summed E-state index contributed by atoms with van der Waals surface area (Å²) in [7, 11) is 0. The zero-order chi connectivity index (χ0) is 16.0. The second kappa shape index (κ2) is 5.78. The van der Waals surface area contributed by atoms with Crippen LogP contribution < -0.4 is 5.32 Å². The Balaban J connectivity index is 1.56. The van der Waals surface area contributed by atoms with Gasteiger partial charge in [-0.25, -0.2) is 0 Å². The monoisotopic (exact) mass is 315 g/mol. The van der Waals surface area contributed by atoms with Gasteiger partial charge >= 0.3 is 0 Å². The third kappa shape index (κ3) is 2.51. The molecule has 0 unspecified atom stereocenters. The first-order valence-corrected chi connectivity index (χ1v) is 8.89. The quantitative estimate of drug-likeness (QED) is 0.832. The molecule has 2 N–H and O–H groups in total. The summed E-state index contributed by atoms with van der Waals surface area (Å²) in [6.45, 7) is 5.77. The van der Waals surface area contributed by atoms with Crippen LogP contribution in [0.3, 0.4) is 0 Å². The van der Waals surface area contributed by atoms with Crippen LogP contribution in [0.25, 0.3) is 0 Å². The van der Waals surface area contributed by atoms with Gasteiger partial charge in [0.05, 0.1) is 0 Å². The Labute approximate surface area is 136 Å². The zero-order valence-corrected chi connectivity index (χ0v) is 13.8. The van der Waals surface area contributed by atoms with Crippen molar-refractivity contribution in [3.05, 3.63) is 22.5 Å². The van der Waals surface area contributed by atoms with Gasteiger partial charge < -0.3 is 15.2 Å². The minimum atomic E-state index is 0.0811. The molecule has 4 rings (SSSR count). The van der Waals surface area contributed by atoms with Crippen LogP contribution in [0.15, 0.2) is 0 Å². The molecule has 2 atom stereocenters. The van der Waals surface area contributed by atoms with Gasteiger partial charge in [0.15, 0.2) is 5.78 Å². The van der Waals surface area contributed by atoms with E-state index in [1.165, 1.54) is 0 Å². The standard InChI is InChI=1S/C18H25N3O2/c1-11-16-14(3-2-4-15(16)22)20-17(11)18(23)21-7-5-12-9-19-10-13(12)6-8-21/h12-13,19-20H,2-10H2,1H3/t12-,13+. The maximum atomic E-state index is 13.0. The number of aryl methyl sites for hydroxylation is 1. The van der Waals surface area contributed by atoms with Crippen LogP contribution >= 0.6 is 0 Å². The molecular weight excluding hydrogens is 290 g/mol. The molecule has 2 fully saturated rings. The number of carbonyl (C=O) groups excluding carboxylic acids is 2. The number of fused-ring (bicyclic) bond motifs is 2. The number of Topliss-reactive ketones (excluding diaryl/α,β-unsaturated/α-hetero) is 1. The number of nitrogens with zero attached hydrogens (tertiary/aromatic N) is 1. The van der Waals surface area contributed by atoms with Crippen LogP contribution in [0.2, 0.25) is 0 Å². The number of rotatable bonds is 1. The van der Waals surface area contributed by atoms with Crippen molar-refractivity contribution in [1.29, 1.82) is 0 Å². The summed E-state index contributed by atoms with van der Waals surface area (Å²) in [5.41, 5.74) is 3.27. The number of carbonyl (C=O) groups is 2. The second-order valence-electron chi connectivity index (χ2n) is 7.30. The molecule has 0 bridgehead atoms. The molecule has 23 heavy (non-hydrogen) atoms. The number of hydrogen-bond acceptors (Lipinski definition) is 3. The molecule has 0 spiro atoms. The Kier molecular flexibility index (Phi) is 3.76. The van der Waals surface area contributed by atoms with Crippen molar-refractivity contribution in [3.63, 3.8) is 0 Å². The fourth-order valence-corrected chi connectivity index (χ4v) is 4.57. The van der Waals surface area contributed by atoms with E-state index in [1.54, 1.807) is 0 Å². The summed E-state index contributed by atoms with van der Waals surface area (Å²) in [6, 6.07) is 0. The van der Waals surface area contributed by atoms with E-state index in [0.29, 0.717) is 24.0 Å². The summed E-state index contributed by atoms with van der Waals surface area (Å²) in [6.07, 6.45) is 4.55. The summed E-state index contributed by atoms with van der Waals surface area (Å²) in [5.74, 6) is 1.70. The molecule has 5 heteroatoms. The molecule has 1 aromatic rings. The molecule has 3 heterocycles. The largest absolute Gasteiger partial charge is 0.354 e. The summed E-state index contributed by atoms with van der Waals surface area (Å²) >= 11 is 0. The summed E-state index contributed by atoms with van der Waals surface area (Å²) < 4.78 is 0. The van der Waals surface area contributed by atoms with Crippen LogP contribution in [0.1, 0.15) is 57.8 Å². The molecule has 5 nitrogen and oxygen atoms in total. The van der Waals surface area contributed by atoms with Crippen LogP contribution in [0.4, 0.5) is 0 Å². The van der Waals surface area contributed by atoms with Crippen molar-refractivity contribution in [2.24, 2.45) is 11.8 Å². The second-order valence-corrected chi connectivity index (χ2v) is 7.30. The van der Waals surface area contributed by atoms with Gasteiger partial charge in [0.1, 0.15) is 5.69 Å². The molecule has 0 radical (unpaired) electrons.